The van der Waals surface area contributed by atoms with E-state index in [1.807, 2.05) is 22.7 Å². The molecular weight excluding hydrogens is 470 g/mol. The van der Waals surface area contributed by atoms with Gasteiger partial charge in [0.15, 0.2) is 0 Å². The molecule has 1 atom stereocenters. The summed E-state index contributed by atoms with van der Waals surface area (Å²) in [6.45, 7) is -1.41. The average molecular weight is 501 g/mol. The van der Waals surface area contributed by atoms with Crippen molar-refractivity contribution >= 4 is 11.6 Å². The third-order valence-electron chi connectivity index (χ3n) is 6.79. The van der Waals surface area contributed by atoms with E-state index in [9.17, 15) is 13.6 Å². The van der Waals surface area contributed by atoms with E-state index in [0.717, 1.165) is 25.8 Å². The van der Waals surface area contributed by atoms with Crippen LogP contribution in [0.15, 0.2) is 36.7 Å². The number of hydrogen-bond acceptors (Lipinski definition) is 6. The first-order chi connectivity index (χ1) is 17.4. The van der Waals surface area contributed by atoms with E-state index < -0.39 is 12.5 Å². The number of rotatable bonds is 9. The van der Waals surface area contributed by atoms with Crippen LogP contribution in [0.1, 0.15) is 42.5 Å². The first-order valence-corrected chi connectivity index (χ1v) is 12.2. The van der Waals surface area contributed by atoms with Gasteiger partial charge in [0, 0.05) is 29.9 Å². The van der Waals surface area contributed by atoms with E-state index in [1.54, 1.807) is 12.3 Å². The fraction of sp³-hybridized carbons (Fsp3) is 0.462. The summed E-state index contributed by atoms with van der Waals surface area (Å²) in [5.74, 6) is 0.113. The van der Waals surface area contributed by atoms with Crippen LogP contribution in [-0.4, -0.2) is 66.2 Å². The number of likely N-dealkylation sites (N-methyl/N-ethyl adjacent to an activating group) is 1. The molecule has 1 saturated heterocycles. The summed E-state index contributed by atoms with van der Waals surface area (Å²) >= 11 is 0. The maximum absolute atomic E-state index is 13.2. The average Bonchev–Trinajstić information content (AvgIpc) is 3.57. The molecule has 1 saturated carbocycles. The zero-order valence-corrected chi connectivity index (χ0v) is 20.4. The Morgan fingerprint density at radius 3 is 2.72 bits per heavy atom. The van der Waals surface area contributed by atoms with Crippen molar-refractivity contribution in [2.45, 2.75) is 50.8 Å². The van der Waals surface area contributed by atoms with Crippen LogP contribution < -0.4 is 19.5 Å². The van der Waals surface area contributed by atoms with E-state index in [2.05, 4.69) is 22.2 Å². The standard InChI is InChI=1S/C26H30F2N4O4/c1-31-9-4-3-5-18(31)15-35-19-8-10-32-20(14-29-23(32)13-19)16-11-21(34-2)24(22(12-16)36-26(27)28)25(33)30-17-6-7-17/h8,10-14,17-18,26H,3-7,9,15H2,1-2H3,(H,30,33). The van der Waals surface area contributed by atoms with Gasteiger partial charge in [-0.15, -0.1) is 0 Å². The first-order valence-electron chi connectivity index (χ1n) is 12.2. The van der Waals surface area contributed by atoms with Crippen LogP contribution in [0.3, 0.4) is 0 Å². The molecule has 0 radical (unpaired) electrons. The molecule has 1 aliphatic heterocycles. The third-order valence-corrected chi connectivity index (χ3v) is 6.79. The molecule has 3 aromatic rings. The molecule has 1 aromatic carbocycles. The second kappa shape index (κ2) is 10.3. The molecular formula is C26H30F2N4O4. The van der Waals surface area contributed by atoms with Crippen molar-refractivity contribution in [3.63, 3.8) is 0 Å². The van der Waals surface area contributed by atoms with Crippen LogP contribution in [0.4, 0.5) is 8.78 Å². The van der Waals surface area contributed by atoms with E-state index in [0.29, 0.717) is 35.3 Å². The van der Waals surface area contributed by atoms with E-state index in [-0.39, 0.29) is 23.1 Å². The lowest BCUT2D eigenvalue weighted by molar-refractivity contribution is -0.0502. The molecule has 1 N–H and O–H groups in total. The van der Waals surface area contributed by atoms with Crippen LogP contribution in [-0.2, 0) is 0 Å². The number of aromatic nitrogens is 2. The maximum atomic E-state index is 13.2. The summed E-state index contributed by atoms with van der Waals surface area (Å²) in [4.78, 5) is 19.6. The number of imidazole rings is 1. The highest BCUT2D eigenvalue weighted by Crippen LogP contribution is 2.37. The molecule has 10 heteroatoms. The van der Waals surface area contributed by atoms with Gasteiger partial charge in [0.2, 0.25) is 0 Å². The van der Waals surface area contributed by atoms with E-state index in [4.69, 9.17) is 14.2 Å². The molecule has 3 heterocycles. The van der Waals surface area contributed by atoms with Crippen molar-refractivity contribution in [2.24, 2.45) is 0 Å². The number of amides is 1. The zero-order chi connectivity index (χ0) is 25.2. The van der Waals surface area contributed by atoms with Crippen molar-refractivity contribution in [3.05, 3.63) is 42.2 Å². The highest BCUT2D eigenvalue weighted by atomic mass is 19.3. The van der Waals surface area contributed by atoms with Gasteiger partial charge in [-0.1, -0.05) is 6.42 Å². The van der Waals surface area contributed by atoms with Gasteiger partial charge in [-0.25, -0.2) is 4.98 Å². The summed E-state index contributed by atoms with van der Waals surface area (Å²) < 4.78 is 44.5. The Kier molecular flexibility index (Phi) is 6.95. The number of nitrogens with one attached hydrogen (secondary N) is 1. The lowest BCUT2D eigenvalue weighted by Gasteiger charge is -2.32. The fourth-order valence-corrected chi connectivity index (χ4v) is 4.61. The largest absolute Gasteiger partial charge is 0.496 e. The second-order valence-electron chi connectivity index (χ2n) is 9.35. The number of hydrogen-bond donors (Lipinski definition) is 1. The molecule has 36 heavy (non-hydrogen) atoms. The number of methoxy groups -OCH3 is 1. The van der Waals surface area contributed by atoms with Crippen LogP contribution in [0.5, 0.6) is 17.2 Å². The van der Waals surface area contributed by atoms with Gasteiger partial charge in [-0.3, -0.25) is 9.20 Å². The predicted molar refractivity (Wildman–Crippen MR) is 130 cm³/mol. The number of ether oxygens (including phenoxy) is 3. The minimum atomic E-state index is -3.09. The topological polar surface area (TPSA) is 77.3 Å². The number of nitrogens with zero attached hydrogens (tertiary/aromatic N) is 3. The Bertz CT molecular complexity index is 1240. The zero-order valence-electron chi connectivity index (χ0n) is 20.4. The van der Waals surface area contributed by atoms with Gasteiger partial charge in [0.25, 0.3) is 5.91 Å². The molecule has 192 valence electrons. The molecule has 1 amide bonds. The van der Waals surface area contributed by atoms with Crippen molar-refractivity contribution in [2.75, 3.05) is 27.3 Å². The Hall–Kier alpha value is -3.40. The van der Waals surface area contributed by atoms with Gasteiger partial charge in [0.05, 0.1) is 19.0 Å². The fourth-order valence-electron chi connectivity index (χ4n) is 4.61. The van der Waals surface area contributed by atoms with Crippen molar-refractivity contribution in [3.8, 4) is 28.5 Å². The van der Waals surface area contributed by atoms with E-state index in [1.165, 1.54) is 26.0 Å². The Morgan fingerprint density at radius 2 is 2.00 bits per heavy atom. The SMILES string of the molecule is COc1cc(-c2cnc3cc(OCC4CCCCN4C)ccn23)cc(OC(F)F)c1C(=O)NC1CC1. The van der Waals surface area contributed by atoms with Gasteiger partial charge < -0.3 is 24.4 Å². The summed E-state index contributed by atoms with van der Waals surface area (Å²) in [6, 6.07) is 7.19. The minimum Gasteiger partial charge on any atom is -0.496 e. The number of carbonyl (C=O) groups is 1. The number of piperidine rings is 1. The number of pyridine rings is 1. The second-order valence-corrected chi connectivity index (χ2v) is 9.35. The van der Waals surface area contributed by atoms with Crippen LogP contribution in [0.2, 0.25) is 0 Å². The van der Waals surface area contributed by atoms with Gasteiger partial charge in [-0.2, -0.15) is 8.78 Å². The highest BCUT2D eigenvalue weighted by Gasteiger charge is 2.29. The molecule has 0 spiro atoms. The number of likely N-dealkylation sites (tertiary alicyclic amines) is 1. The molecule has 1 unspecified atom stereocenters. The smallest absolute Gasteiger partial charge is 0.387 e. The molecule has 5 rings (SSSR count). The minimum absolute atomic E-state index is 0.0503. The molecule has 8 nitrogen and oxygen atoms in total. The Balaban J connectivity index is 1.43. The van der Waals surface area contributed by atoms with Gasteiger partial charge in [0.1, 0.15) is 35.1 Å². The summed E-state index contributed by atoms with van der Waals surface area (Å²) in [5, 5.41) is 2.81. The van der Waals surface area contributed by atoms with Gasteiger partial charge in [-0.05, 0) is 57.5 Å². The number of carbonyl (C=O) groups excluding carboxylic acids is 1. The molecule has 2 aromatic heterocycles. The molecule has 1 aliphatic carbocycles. The van der Waals surface area contributed by atoms with Crippen molar-refractivity contribution in [1.82, 2.24) is 19.6 Å². The Labute approximate surface area is 208 Å². The highest BCUT2D eigenvalue weighted by molar-refractivity contribution is 6.01. The van der Waals surface area contributed by atoms with Crippen molar-refractivity contribution < 1.29 is 27.8 Å². The monoisotopic (exact) mass is 500 g/mol. The predicted octanol–water partition coefficient (Wildman–Crippen LogP) is 4.37. The molecule has 0 bridgehead atoms. The normalized spacial score (nSPS) is 18.4. The van der Waals surface area contributed by atoms with E-state index >= 15 is 0 Å². The Morgan fingerprint density at radius 1 is 1.19 bits per heavy atom. The third kappa shape index (κ3) is 5.23. The van der Waals surface area contributed by atoms with Crippen molar-refractivity contribution in [1.29, 1.82) is 0 Å². The number of halogens is 2. The summed E-state index contributed by atoms with van der Waals surface area (Å²) in [7, 11) is 3.51. The van der Waals surface area contributed by atoms with Crippen LogP contribution in [0, 0.1) is 0 Å². The van der Waals surface area contributed by atoms with Crippen LogP contribution >= 0.6 is 0 Å². The number of alkyl halides is 2. The van der Waals surface area contributed by atoms with Gasteiger partial charge >= 0.3 is 6.61 Å². The number of fused-ring (bicyclic) bond motifs is 1. The summed E-state index contributed by atoms with van der Waals surface area (Å²) in [6.07, 6.45) is 8.74. The van der Waals surface area contributed by atoms with Crippen LogP contribution in [0.25, 0.3) is 16.9 Å². The lowest BCUT2D eigenvalue weighted by Crippen LogP contribution is -2.40. The quantitative estimate of drug-likeness (QED) is 0.470. The lowest BCUT2D eigenvalue weighted by atomic mass is 10.0. The first kappa shape index (κ1) is 24.3. The molecule has 2 aliphatic rings. The number of benzene rings is 1. The molecule has 2 fully saturated rings. The summed E-state index contributed by atoms with van der Waals surface area (Å²) in [5.41, 5.74) is 1.75. The maximum Gasteiger partial charge on any atom is 0.387 e.